The highest BCUT2D eigenvalue weighted by molar-refractivity contribution is 7.89. The Bertz CT molecular complexity index is 1360. The van der Waals surface area contributed by atoms with Crippen LogP contribution in [0.25, 0.3) is 20.2 Å². The number of nitrogens with zero attached hydrogens (tertiary/aromatic N) is 1. The lowest BCUT2D eigenvalue weighted by Gasteiger charge is -2.31. The zero-order chi connectivity index (χ0) is 21.6. The topological polar surface area (TPSA) is 46.6 Å². The summed E-state index contributed by atoms with van der Waals surface area (Å²) >= 11 is 14.0. The van der Waals surface area contributed by atoms with Crippen LogP contribution in [0.5, 0.6) is 5.75 Å². The zero-order valence-corrected chi connectivity index (χ0v) is 19.6. The van der Waals surface area contributed by atoms with Crippen LogP contribution >= 0.6 is 34.5 Å². The number of sulfonamides is 1. The first kappa shape index (κ1) is 21.0. The fourth-order valence-electron chi connectivity index (χ4n) is 3.97. The van der Waals surface area contributed by atoms with E-state index in [1.165, 1.54) is 4.31 Å². The van der Waals surface area contributed by atoms with E-state index in [9.17, 15) is 8.42 Å². The summed E-state index contributed by atoms with van der Waals surface area (Å²) in [6.45, 7) is 0.777. The van der Waals surface area contributed by atoms with Crippen molar-refractivity contribution in [2.45, 2.75) is 23.8 Å². The van der Waals surface area contributed by atoms with Gasteiger partial charge in [-0.2, -0.15) is 4.31 Å². The molecule has 5 rings (SSSR count). The molecule has 0 amide bonds. The van der Waals surface area contributed by atoms with Gasteiger partial charge in [0.05, 0.1) is 14.9 Å². The van der Waals surface area contributed by atoms with E-state index in [-0.39, 0.29) is 6.10 Å². The summed E-state index contributed by atoms with van der Waals surface area (Å²) in [6, 6.07) is 18.8. The van der Waals surface area contributed by atoms with Crippen molar-refractivity contribution in [1.29, 1.82) is 0 Å². The van der Waals surface area contributed by atoms with Crippen LogP contribution in [0, 0.1) is 0 Å². The highest BCUT2D eigenvalue weighted by Gasteiger charge is 2.31. The number of ether oxygens (including phenoxy) is 1. The van der Waals surface area contributed by atoms with E-state index in [0.717, 1.165) is 20.2 Å². The Hall–Kier alpha value is -1.83. The number of piperidine rings is 1. The summed E-state index contributed by atoms with van der Waals surface area (Å²) < 4.78 is 36.2. The van der Waals surface area contributed by atoms with E-state index in [2.05, 4.69) is 12.1 Å². The quantitative estimate of drug-likeness (QED) is 0.323. The summed E-state index contributed by atoms with van der Waals surface area (Å²) in [5, 5.41) is 3.16. The van der Waals surface area contributed by atoms with E-state index in [4.69, 9.17) is 27.9 Å². The molecule has 2 heterocycles. The van der Waals surface area contributed by atoms with E-state index < -0.39 is 10.0 Å². The summed E-state index contributed by atoms with van der Waals surface area (Å²) in [5.41, 5.74) is 0. The first-order valence-corrected chi connectivity index (χ1v) is 13.0. The average Bonchev–Trinajstić information content (AvgIpc) is 3.15. The lowest BCUT2D eigenvalue weighted by molar-refractivity contribution is 0.135. The Morgan fingerprint density at radius 3 is 2.29 bits per heavy atom. The normalized spacial score (nSPS) is 16.2. The van der Waals surface area contributed by atoms with Gasteiger partial charge in [0.15, 0.2) is 5.75 Å². The van der Waals surface area contributed by atoms with Crippen molar-refractivity contribution in [3.63, 3.8) is 0 Å². The van der Waals surface area contributed by atoms with Crippen LogP contribution in [-0.2, 0) is 10.0 Å². The van der Waals surface area contributed by atoms with Gasteiger partial charge in [0.25, 0.3) is 0 Å². The number of hydrogen-bond acceptors (Lipinski definition) is 4. The molecule has 3 aromatic carbocycles. The Labute approximate surface area is 195 Å². The number of rotatable bonds is 4. The predicted molar refractivity (Wildman–Crippen MR) is 128 cm³/mol. The van der Waals surface area contributed by atoms with Crippen molar-refractivity contribution >= 4 is 64.7 Å². The second kappa shape index (κ2) is 8.26. The highest BCUT2D eigenvalue weighted by atomic mass is 35.5. The zero-order valence-electron chi connectivity index (χ0n) is 16.4. The van der Waals surface area contributed by atoms with Crippen molar-refractivity contribution in [1.82, 2.24) is 4.31 Å². The number of halogens is 2. The molecule has 4 nitrogen and oxygen atoms in total. The van der Waals surface area contributed by atoms with Crippen molar-refractivity contribution in [2.24, 2.45) is 0 Å². The number of thiophene rings is 1. The molecular weight excluding hydrogens is 473 g/mol. The van der Waals surface area contributed by atoms with E-state index >= 15 is 0 Å². The second-order valence-electron chi connectivity index (χ2n) is 7.53. The van der Waals surface area contributed by atoms with Gasteiger partial charge in [-0.3, -0.25) is 0 Å². The fourth-order valence-corrected chi connectivity index (χ4v) is 7.17. The number of para-hydroxylation sites is 1. The third-order valence-electron chi connectivity index (χ3n) is 5.59. The van der Waals surface area contributed by atoms with Gasteiger partial charge >= 0.3 is 0 Å². The molecule has 0 unspecified atom stereocenters. The lowest BCUT2D eigenvalue weighted by Crippen LogP contribution is -2.41. The van der Waals surface area contributed by atoms with Crippen LogP contribution in [0.3, 0.4) is 0 Å². The van der Waals surface area contributed by atoms with Gasteiger partial charge in [-0.15, -0.1) is 11.3 Å². The van der Waals surface area contributed by atoms with Crippen molar-refractivity contribution < 1.29 is 13.2 Å². The predicted octanol–water partition coefficient (Wildman–Crippen LogP) is 6.59. The molecule has 4 aromatic rings. The van der Waals surface area contributed by atoms with Gasteiger partial charge in [0, 0.05) is 33.3 Å². The number of fused-ring (bicyclic) bond motifs is 3. The number of hydrogen-bond donors (Lipinski definition) is 0. The fraction of sp³-hybridized carbons (Fsp3) is 0.217. The molecule has 1 aromatic heterocycles. The second-order valence-corrected chi connectivity index (χ2v) is 11.4. The number of benzene rings is 3. The Morgan fingerprint density at radius 2 is 1.55 bits per heavy atom. The minimum Gasteiger partial charge on any atom is -0.487 e. The molecule has 1 aliphatic heterocycles. The molecule has 0 saturated carbocycles. The molecule has 1 aliphatic rings. The van der Waals surface area contributed by atoms with Crippen LogP contribution in [0.1, 0.15) is 12.8 Å². The maximum atomic E-state index is 13.3. The molecule has 0 bridgehead atoms. The lowest BCUT2D eigenvalue weighted by atomic mass is 10.1. The third kappa shape index (κ3) is 3.92. The van der Waals surface area contributed by atoms with Gasteiger partial charge in [-0.05, 0) is 43.2 Å². The maximum absolute atomic E-state index is 13.3. The minimum atomic E-state index is -3.57. The smallest absolute Gasteiger partial charge is 0.243 e. The van der Waals surface area contributed by atoms with E-state index in [1.54, 1.807) is 41.7 Å². The van der Waals surface area contributed by atoms with Crippen LogP contribution in [0.4, 0.5) is 0 Å². The minimum absolute atomic E-state index is 0.131. The van der Waals surface area contributed by atoms with Crippen molar-refractivity contribution in [3.8, 4) is 5.75 Å². The molecule has 1 saturated heterocycles. The SMILES string of the molecule is O=S(=O)(c1ccc2c(c1)sc1ccccc12)N1CCC(Oc2c(Cl)cccc2Cl)CC1. The average molecular weight is 492 g/mol. The molecule has 0 spiro atoms. The van der Waals surface area contributed by atoms with Crippen LogP contribution in [-0.4, -0.2) is 31.9 Å². The largest absolute Gasteiger partial charge is 0.487 e. The van der Waals surface area contributed by atoms with E-state index in [1.807, 2.05) is 18.2 Å². The molecule has 0 N–H and O–H groups in total. The maximum Gasteiger partial charge on any atom is 0.243 e. The Balaban J connectivity index is 1.34. The van der Waals surface area contributed by atoms with Gasteiger partial charge in [-0.25, -0.2) is 8.42 Å². The summed E-state index contributed by atoms with van der Waals surface area (Å²) in [5.74, 6) is 0.461. The van der Waals surface area contributed by atoms with Crippen LogP contribution < -0.4 is 4.74 Å². The summed E-state index contributed by atoms with van der Waals surface area (Å²) in [4.78, 5) is 0.333. The monoisotopic (exact) mass is 491 g/mol. The first-order valence-electron chi connectivity index (χ1n) is 9.95. The molecule has 0 atom stereocenters. The molecule has 8 heteroatoms. The van der Waals surface area contributed by atoms with Gasteiger partial charge in [0.2, 0.25) is 10.0 Å². The molecule has 31 heavy (non-hydrogen) atoms. The molecule has 0 radical (unpaired) electrons. The first-order chi connectivity index (χ1) is 14.9. The molecule has 160 valence electrons. The van der Waals surface area contributed by atoms with Gasteiger partial charge < -0.3 is 4.74 Å². The Kier molecular flexibility index (Phi) is 5.61. The molecule has 0 aliphatic carbocycles. The summed E-state index contributed by atoms with van der Waals surface area (Å²) in [6.07, 6.45) is 1.02. The van der Waals surface area contributed by atoms with Crippen molar-refractivity contribution in [3.05, 3.63) is 70.7 Å². The summed E-state index contributed by atoms with van der Waals surface area (Å²) in [7, 11) is -3.57. The standard InChI is InChI=1S/C23H19Cl2NO3S2/c24-19-5-3-6-20(25)23(19)29-15-10-12-26(13-11-15)31(27,28)16-8-9-18-17-4-1-2-7-21(17)30-22(18)14-16/h1-9,14-15H,10-13H2. The Morgan fingerprint density at radius 1 is 0.871 bits per heavy atom. The molecular formula is C23H19Cl2NO3S2. The van der Waals surface area contributed by atoms with E-state index in [0.29, 0.717) is 46.6 Å². The van der Waals surface area contributed by atoms with Gasteiger partial charge in [0.1, 0.15) is 6.10 Å². The van der Waals surface area contributed by atoms with Crippen molar-refractivity contribution in [2.75, 3.05) is 13.1 Å². The molecule has 1 fully saturated rings. The van der Waals surface area contributed by atoms with Crippen LogP contribution in [0.2, 0.25) is 10.0 Å². The van der Waals surface area contributed by atoms with Crippen LogP contribution in [0.15, 0.2) is 65.6 Å². The third-order valence-corrected chi connectivity index (χ3v) is 9.22. The van der Waals surface area contributed by atoms with Gasteiger partial charge in [-0.1, -0.05) is 53.5 Å². The highest BCUT2D eigenvalue weighted by Crippen LogP contribution is 2.37.